The molecule has 0 spiro atoms. The number of methoxy groups -OCH3 is 1. The molecule has 4 heteroatoms. The van der Waals surface area contributed by atoms with E-state index in [0.29, 0.717) is 17.7 Å². The lowest BCUT2D eigenvalue weighted by Crippen LogP contribution is -2.09. The molecule has 0 fully saturated rings. The van der Waals surface area contributed by atoms with Gasteiger partial charge in [0.2, 0.25) is 0 Å². The number of benzene rings is 1. The Labute approximate surface area is 97.1 Å². The van der Waals surface area contributed by atoms with Crippen molar-refractivity contribution < 1.29 is 14.3 Å². The number of aromatic nitrogens is 1. The molecule has 1 aliphatic rings. The molecule has 0 amide bonds. The van der Waals surface area contributed by atoms with Crippen LogP contribution in [-0.2, 0) is 4.79 Å². The van der Waals surface area contributed by atoms with E-state index in [2.05, 4.69) is 0 Å². The van der Waals surface area contributed by atoms with E-state index in [4.69, 9.17) is 4.74 Å². The van der Waals surface area contributed by atoms with Crippen LogP contribution in [0.15, 0.2) is 29.8 Å². The molecule has 1 aromatic carbocycles. The van der Waals surface area contributed by atoms with Gasteiger partial charge in [-0.3, -0.25) is 14.2 Å². The Morgan fingerprint density at radius 2 is 2.06 bits per heavy atom. The molecule has 0 saturated carbocycles. The molecule has 84 valence electrons. The lowest BCUT2D eigenvalue weighted by Gasteiger charge is -1.97. The van der Waals surface area contributed by atoms with E-state index in [0.717, 1.165) is 10.9 Å². The highest BCUT2D eigenvalue weighted by atomic mass is 16.5. The minimum atomic E-state index is -0.297. The molecule has 4 nitrogen and oxygen atoms in total. The minimum absolute atomic E-state index is 0.157. The largest absolute Gasteiger partial charge is 0.494 e. The second-order valence-electron chi connectivity index (χ2n) is 3.79. The quantitative estimate of drug-likeness (QED) is 0.581. The average Bonchev–Trinajstić information content (AvgIpc) is 2.84. The number of fused-ring (bicyclic) bond motifs is 3. The van der Waals surface area contributed by atoms with Crippen molar-refractivity contribution in [2.75, 3.05) is 7.11 Å². The Morgan fingerprint density at radius 3 is 2.76 bits per heavy atom. The average molecular weight is 227 g/mol. The van der Waals surface area contributed by atoms with Crippen LogP contribution in [0, 0.1) is 0 Å². The molecule has 1 aromatic heterocycles. The van der Waals surface area contributed by atoms with Gasteiger partial charge in [0.15, 0.2) is 12.0 Å². The van der Waals surface area contributed by atoms with Crippen LogP contribution in [0.1, 0.15) is 10.5 Å². The first-order chi connectivity index (χ1) is 8.27. The Balaban J connectivity index is 2.44. The third-order valence-corrected chi connectivity index (χ3v) is 2.94. The highest BCUT2D eigenvalue weighted by Crippen LogP contribution is 2.37. The van der Waals surface area contributed by atoms with Crippen LogP contribution in [0.2, 0.25) is 0 Å². The molecule has 0 atom stereocenters. The lowest BCUT2D eigenvalue weighted by molar-refractivity contribution is -0.104. The fourth-order valence-electron chi connectivity index (χ4n) is 2.22. The number of carbonyl (C=O) groups excluding carboxylic acids is 2. The number of hydrogen-bond donors (Lipinski definition) is 0. The molecule has 2 heterocycles. The Bertz CT molecular complexity index is 679. The Kier molecular flexibility index (Phi) is 1.92. The summed E-state index contributed by atoms with van der Waals surface area (Å²) in [6.45, 7) is 0. The van der Waals surface area contributed by atoms with Crippen molar-refractivity contribution in [3.63, 3.8) is 0 Å². The normalized spacial score (nSPS) is 13.7. The zero-order valence-electron chi connectivity index (χ0n) is 9.14. The molecule has 0 N–H and O–H groups in total. The van der Waals surface area contributed by atoms with Crippen LogP contribution in [0.5, 0.6) is 5.75 Å². The zero-order valence-corrected chi connectivity index (χ0v) is 9.14. The van der Waals surface area contributed by atoms with E-state index in [1.807, 2.05) is 24.3 Å². The number of rotatable bonds is 2. The molecular weight excluding hydrogens is 218 g/mol. The predicted octanol–water partition coefficient (Wildman–Crippen LogP) is 1.89. The summed E-state index contributed by atoms with van der Waals surface area (Å²) in [4.78, 5) is 22.8. The highest BCUT2D eigenvalue weighted by Gasteiger charge is 2.28. The molecule has 3 rings (SSSR count). The third kappa shape index (κ3) is 1.12. The topological polar surface area (TPSA) is 48.3 Å². The summed E-state index contributed by atoms with van der Waals surface area (Å²) < 4.78 is 6.83. The van der Waals surface area contributed by atoms with E-state index >= 15 is 0 Å². The first-order valence-electron chi connectivity index (χ1n) is 5.17. The maximum absolute atomic E-state index is 12.0. The fraction of sp³-hybridized carbons (Fsp3) is 0.0769. The number of carbonyl (C=O) groups is 2. The number of para-hydroxylation sites is 1. The maximum Gasteiger partial charge on any atom is 0.266 e. The molecule has 17 heavy (non-hydrogen) atoms. The van der Waals surface area contributed by atoms with Crippen molar-refractivity contribution in [3.8, 4) is 5.75 Å². The number of allylic oxidation sites excluding steroid dienone is 1. The van der Waals surface area contributed by atoms with Crippen LogP contribution in [-0.4, -0.2) is 23.9 Å². The molecule has 0 aliphatic carbocycles. The van der Waals surface area contributed by atoms with Crippen LogP contribution in [0.25, 0.3) is 17.0 Å². The summed E-state index contributed by atoms with van der Waals surface area (Å²) in [5.74, 6) is 0.334. The van der Waals surface area contributed by atoms with Crippen molar-refractivity contribution in [1.29, 1.82) is 0 Å². The highest BCUT2D eigenvalue weighted by molar-refractivity contribution is 6.22. The van der Waals surface area contributed by atoms with E-state index in [1.54, 1.807) is 13.2 Å². The van der Waals surface area contributed by atoms with Crippen molar-refractivity contribution in [2.45, 2.75) is 0 Å². The molecule has 2 aromatic rings. The van der Waals surface area contributed by atoms with Gasteiger partial charge in [0.25, 0.3) is 5.91 Å². The van der Waals surface area contributed by atoms with Crippen molar-refractivity contribution in [3.05, 3.63) is 35.5 Å². The van der Waals surface area contributed by atoms with Crippen LogP contribution >= 0.6 is 0 Å². The van der Waals surface area contributed by atoms with Gasteiger partial charge >= 0.3 is 0 Å². The van der Waals surface area contributed by atoms with Crippen molar-refractivity contribution >= 4 is 29.2 Å². The summed E-state index contributed by atoms with van der Waals surface area (Å²) in [5.41, 5.74) is 1.56. The van der Waals surface area contributed by atoms with Crippen LogP contribution < -0.4 is 4.74 Å². The predicted molar refractivity (Wildman–Crippen MR) is 63.2 cm³/mol. The van der Waals surface area contributed by atoms with E-state index in [9.17, 15) is 9.59 Å². The van der Waals surface area contributed by atoms with Gasteiger partial charge < -0.3 is 4.74 Å². The summed E-state index contributed by atoms with van der Waals surface area (Å²) >= 11 is 0. The van der Waals surface area contributed by atoms with Crippen LogP contribution in [0.3, 0.4) is 0 Å². The molecule has 0 saturated heterocycles. The Hall–Kier alpha value is -2.36. The van der Waals surface area contributed by atoms with Gasteiger partial charge in [-0.25, -0.2) is 0 Å². The van der Waals surface area contributed by atoms with E-state index < -0.39 is 0 Å². The second-order valence-corrected chi connectivity index (χ2v) is 3.79. The fourth-order valence-corrected chi connectivity index (χ4v) is 2.22. The van der Waals surface area contributed by atoms with Gasteiger partial charge in [0, 0.05) is 5.39 Å². The number of aldehydes is 1. The van der Waals surface area contributed by atoms with Gasteiger partial charge in [-0.1, -0.05) is 12.1 Å². The standard InChI is InChI=1S/C13H9NO3/c1-17-12-9-4-2-3-5-10(9)14-11(12)6-8(7-15)13(14)16/h2-7H,1H3. The molecule has 0 bridgehead atoms. The summed E-state index contributed by atoms with van der Waals surface area (Å²) in [7, 11) is 1.56. The molecule has 1 aliphatic heterocycles. The minimum Gasteiger partial charge on any atom is -0.494 e. The van der Waals surface area contributed by atoms with Crippen LogP contribution in [0.4, 0.5) is 0 Å². The van der Waals surface area contributed by atoms with E-state index in [1.165, 1.54) is 4.57 Å². The monoisotopic (exact) mass is 227 g/mol. The van der Waals surface area contributed by atoms with Crippen molar-refractivity contribution in [2.24, 2.45) is 0 Å². The SMILES string of the molecule is COc1c2n(c3ccccc13)C(=O)C(C=O)=C2. The third-order valence-electron chi connectivity index (χ3n) is 2.94. The van der Waals surface area contributed by atoms with E-state index in [-0.39, 0.29) is 11.5 Å². The zero-order chi connectivity index (χ0) is 12.0. The van der Waals surface area contributed by atoms with Gasteiger partial charge in [-0.2, -0.15) is 0 Å². The summed E-state index contributed by atoms with van der Waals surface area (Å²) in [6.07, 6.45) is 2.14. The lowest BCUT2D eigenvalue weighted by atomic mass is 10.2. The Morgan fingerprint density at radius 1 is 1.29 bits per heavy atom. The molecular formula is C13H9NO3. The molecule has 0 unspecified atom stereocenters. The smallest absolute Gasteiger partial charge is 0.266 e. The van der Waals surface area contributed by atoms with Crippen molar-refractivity contribution in [1.82, 2.24) is 4.57 Å². The number of ether oxygens (including phenoxy) is 1. The second kappa shape index (κ2) is 3.31. The van der Waals surface area contributed by atoms with Gasteiger partial charge in [-0.15, -0.1) is 0 Å². The summed E-state index contributed by atoms with van der Waals surface area (Å²) in [5, 5.41) is 0.875. The summed E-state index contributed by atoms with van der Waals surface area (Å²) in [6, 6.07) is 7.46. The number of hydrogen-bond acceptors (Lipinski definition) is 3. The van der Waals surface area contributed by atoms with Gasteiger partial charge in [-0.05, 0) is 18.2 Å². The maximum atomic E-state index is 12.0. The van der Waals surface area contributed by atoms with Gasteiger partial charge in [0.05, 0.1) is 23.9 Å². The first-order valence-corrected chi connectivity index (χ1v) is 5.17. The first kappa shape index (κ1) is 9.84. The number of nitrogens with zero attached hydrogens (tertiary/aromatic N) is 1. The van der Waals surface area contributed by atoms with Gasteiger partial charge in [0.1, 0.15) is 0 Å². The molecule has 0 radical (unpaired) electrons.